The quantitative estimate of drug-likeness (QED) is 0.784. The van der Waals surface area contributed by atoms with E-state index in [9.17, 15) is 5.11 Å². The highest BCUT2D eigenvalue weighted by Gasteiger charge is 2.02. The topological polar surface area (TPSA) is 32.6 Å². The van der Waals surface area contributed by atoms with Crippen LogP contribution in [0.5, 0.6) is 5.75 Å². The molecule has 0 fully saturated rings. The number of phenols is 1. The van der Waals surface area contributed by atoms with Gasteiger partial charge in [0.2, 0.25) is 0 Å². The van der Waals surface area contributed by atoms with Gasteiger partial charge in [0.1, 0.15) is 11.4 Å². The Kier molecular flexibility index (Phi) is 4.59. The second-order valence-corrected chi connectivity index (χ2v) is 5.02. The molecule has 0 aliphatic rings. The van der Waals surface area contributed by atoms with E-state index in [1.165, 1.54) is 0 Å². The van der Waals surface area contributed by atoms with E-state index in [2.05, 4.69) is 4.99 Å². The lowest BCUT2D eigenvalue weighted by Gasteiger charge is -2.03. The molecular weight excluding hydrogens is 270 g/mol. The molecule has 20 heavy (non-hydrogen) atoms. The molecule has 2 nitrogen and oxygen atoms in total. The van der Waals surface area contributed by atoms with E-state index in [1.807, 2.05) is 56.3 Å². The number of benzene rings is 2. The molecule has 3 heteroatoms. The van der Waals surface area contributed by atoms with Crippen LogP contribution in [-0.4, -0.2) is 11.3 Å². The first-order valence-corrected chi connectivity index (χ1v) is 6.71. The molecule has 102 valence electrons. The van der Waals surface area contributed by atoms with Crippen molar-refractivity contribution in [3.63, 3.8) is 0 Å². The van der Waals surface area contributed by atoms with Gasteiger partial charge in [-0.3, -0.25) is 4.99 Å². The molecule has 2 rings (SSSR count). The zero-order valence-electron chi connectivity index (χ0n) is 11.5. The largest absolute Gasteiger partial charge is 0.505 e. The fraction of sp³-hybridized carbons (Fsp3) is 0.118. The Morgan fingerprint density at radius 3 is 2.65 bits per heavy atom. The lowest BCUT2D eigenvalue weighted by atomic mass is 10.1. The molecule has 0 aliphatic heterocycles. The summed E-state index contributed by atoms with van der Waals surface area (Å²) < 4.78 is 0. The lowest BCUT2D eigenvalue weighted by Crippen LogP contribution is -1.80. The first-order valence-electron chi connectivity index (χ1n) is 6.33. The standard InChI is InChI=1S/C17H16ClNO/c1-12-10-13(2)17(20)16(11-12)19-9-5-7-14-6-3-4-8-15(14)18/h3-11,20H,1-2H3/b7-5+,19-9?. The van der Waals surface area contributed by atoms with Gasteiger partial charge in [-0.1, -0.05) is 41.9 Å². The van der Waals surface area contributed by atoms with Crippen LogP contribution in [0.4, 0.5) is 5.69 Å². The molecule has 0 saturated heterocycles. The van der Waals surface area contributed by atoms with Crippen LogP contribution in [0.3, 0.4) is 0 Å². The van der Waals surface area contributed by atoms with Crippen molar-refractivity contribution < 1.29 is 5.11 Å². The Morgan fingerprint density at radius 1 is 1.15 bits per heavy atom. The predicted molar refractivity (Wildman–Crippen MR) is 86.2 cm³/mol. The van der Waals surface area contributed by atoms with Crippen molar-refractivity contribution in [1.82, 2.24) is 0 Å². The molecule has 1 N–H and O–H groups in total. The molecule has 0 bridgehead atoms. The highest BCUT2D eigenvalue weighted by atomic mass is 35.5. The van der Waals surface area contributed by atoms with Crippen LogP contribution >= 0.6 is 11.6 Å². The predicted octanol–water partition coefficient (Wildman–Crippen LogP) is 5.08. The van der Waals surface area contributed by atoms with Crippen molar-refractivity contribution in [2.75, 3.05) is 0 Å². The number of aromatic hydroxyl groups is 1. The minimum atomic E-state index is 0.220. The van der Waals surface area contributed by atoms with E-state index in [4.69, 9.17) is 11.6 Å². The number of aliphatic imine (C=N–C) groups is 1. The number of hydrogen-bond donors (Lipinski definition) is 1. The number of allylic oxidation sites excluding steroid dienone is 1. The molecule has 0 atom stereocenters. The third-order valence-electron chi connectivity index (χ3n) is 2.91. The monoisotopic (exact) mass is 285 g/mol. The Balaban J connectivity index is 2.17. The van der Waals surface area contributed by atoms with Crippen LogP contribution in [0.25, 0.3) is 6.08 Å². The maximum Gasteiger partial charge on any atom is 0.144 e. The van der Waals surface area contributed by atoms with Gasteiger partial charge in [0.25, 0.3) is 0 Å². The molecule has 0 aromatic heterocycles. The van der Waals surface area contributed by atoms with Gasteiger partial charge in [-0.2, -0.15) is 0 Å². The summed E-state index contributed by atoms with van der Waals surface area (Å²) in [5.74, 6) is 0.220. The van der Waals surface area contributed by atoms with Gasteiger partial charge in [0.15, 0.2) is 0 Å². The van der Waals surface area contributed by atoms with E-state index in [1.54, 1.807) is 12.3 Å². The van der Waals surface area contributed by atoms with Crippen LogP contribution in [0.15, 0.2) is 47.5 Å². The van der Waals surface area contributed by atoms with E-state index in [0.717, 1.165) is 16.7 Å². The Hall–Kier alpha value is -2.06. The SMILES string of the molecule is Cc1cc(C)c(O)c(N=C/C=C/c2ccccc2Cl)c1. The van der Waals surface area contributed by atoms with Crippen LogP contribution in [0.1, 0.15) is 16.7 Å². The Bertz CT molecular complexity index is 675. The zero-order chi connectivity index (χ0) is 14.5. The van der Waals surface area contributed by atoms with E-state index in [-0.39, 0.29) is 5.75 Å². The van der Waals surface area contributed by atoms with Gasteiger partial charge in [-0.25, -0.2) is 0 Å². The number of phenolic OH excluding ortho intramolecular Hbond substituents is 1. The highest BCUT2D eigenvalue weighted by molar-refractivity contribution is 6.32. The fourth-order valence-corrected chi connectivity index (χ4v) is 2.11. The summed E-state index contributed by atoms with van der Waals surface area (Å²) in [4.78, 5) is 4.27. The Morgan fingerprint density at radius 2 is 1.90 bits per heavy atom. The van der Waals surface area contributed by atoms with Crippen molar-refractivity contribution in [1.29, 1.82) is 0 Å². The molecule has 0 aliphatic carbocycles. The summed E-state index contributed by atoms with van der Waals surface area (Å²) in [7, 11) is 0. The van der Waals surface area contributed by atoms with Crippen LogP contribution in [0, 0.1) is 13.8 Å². The van der Waals surface area contributed by atoms with Gasteiger partial charge in [0.05, 0.1) is 0 Å². The summed E-state index contributed by atoms with van der Waals surface area (Å²) in [6.07, 6.45) is 5.33. The van der Waals surface area contributed by atoms with Crippen molar-refractivity contribution in [3.05, 3.63) is 64.2 Å². The minimum absolute atomic E-state index is 0.220. The summed E-state index contributed by atoms with van der Waals surface area (Å²) in [5.41, 5.74) is 3.41. The van der Waals surface area contributed by atoms with E-state index < -0.39 is 0 Å². The number of rotatable bonds is 3. The van der Waals surface area contributed by atoms with Crippen molar-refractivity contribution >= 4 is 29.6 Å². The van der Waals surface area contributed by atoms with Gasteiger partial charge in [0, 0.05) is 11.2 Å². The van der Waals surface area contributed by atoms with Gasteiger partial charge >= 0.3 is 0 Å². The smallest absolute Gasteiger partial charge is 0.144 e. The van der Waals surface area contributed by atoms with Gasteiger partial charge < -0.3 is 5.11 Å². The maximum atomic E-state index is 9.92. The normalized spacial score (nSPS) is 11.6. The maximum absolute atomic E-state index is 9.92. The first kappa shape index (κ1) is 14.4. The third-order valence-corrected chi connectivity index (χ3v) is 3.25. The average molecular weight is 286 g/mol. The Labute approximate surface area is 124 Å². The van der Waals surface area contributed by atoms with Gasteiger partial charge in [-0.15, -0.1) is 0 Å². The minimum Gasteiger partial charge on any atom is -0.505 e. The number of nitrogens with zero attached hydrogens (tertiary/aromatic N) is 1. The average Bonchev–Trinajstić information content (AvgIpc) is 2.41. The third kappa shape index (κ3) is 3.49. The molecule has 0 saturated carbocycles. The number of aryl methyl sites for hydroxylation is 2. The van der Waals surface area contributed by atoms with Crippen molar-refractivity contribution in [2.24, 2.45) is 4.99 Å². The molecule has 0 unspecified atom stereocenters. The molecule has 2 aromatic rings. The van der Waals surface area contributed by atoms with E-state index in [0.29, 0.717) is 10.7 Å². The van der Waals surface area contributed by atoms with Crippen LogP contribution in [0.2, 0.25) is 5.02 Å². The second-order valence-electron chi connectivity index (χ2n) is 4.61. The van der Waals surface area contributed by atoms with Crippen molar-refractivity contribution in [3.8, 4) is 5.75 Å². The molecule has 0 radical (unpaired) electrons. The fourth-order valence-electron chi connectivity index (χ4n) is 1.92. The molecule has 2 aromatic carbocycles. The molecular formula is C17H16ClNO. The van der Waals surface area contributed by atoms with Crippen molar-refractivity contribution in [2.45, 2.75) is 13.8 Å². The van der Waals surface area contributed by atoms with Gasteiger partial charge in [-0.05, 0) is 48.7 Å². The summed E-state index contributed by atoms with van der Waals surface area (Å²) in [6, 6.07) is 11.4. The summed E-state index contributed by atoms with van der Waals surface area (Å²) >= 11 is 6.05. The van der Waals surface area contributed by atoms with Crippen LogP contribution < -0.4 is 0 Å². The zero-order valence-corrected chi connectivity index (χ0v) is 12.2. The summed E-state index contributed by atoms with van der Waals surface area (Å²) in [6.45, 7) is 3.84. The highest BCUT2D eigenvalue weighted by Crippen LogP contribution is 2.30. The first-order chi connectivity index (χ1) is 9.58. The number of hydrogen-bond acceptors (Lipinski definition) is 2. The second kappa shape index (κ2) is 6.40. The summed E-state index contributed by atoms with van der Waals surface area (Å²) in [5, 5.41) is 10.6. The molecule has 0 amide bonds. The van der Waals surface area contributed by atoms with E-state index >= 15 is 0 Å². The number of halogens is 1. The lowest BCUT2D eigenvalue weighted by molar-refractivity contribution is 0.472. The van der Waals surface area contributed by atoms with Crippen LogP contribution in [-0.2, 0) is 0 Å². The molecule has 0 spiro atoms. The molecule has 0 heterocycles.